The molecule has 1 aliphatic heterocycles. The van der Waals surface area contributed by atoms with Gasteiger partial charge in [-0.25, -0.2) is 0 Å². The first kappa shape index (κ1) is 14.9. The summed E-state index contributed by atoms with van der Waals surface area (Å²) < 4.78 is 0. The number of carbonyl (C=O) groups is 2. The van der Waals surface area contributed by atoms with Crippen LogP contribution in [0, 0.1) is 5.92 Å². The Balaban J connectivity index is 1.63. The monoisotopic (exact) mass is 324 g/mol. The molecule has 2 fully saturated rings. The van der Waals surface area contributed by atoms with Crippen LogP contribution in [0.3, 0.4) is 0 Å². The zero-order valence-corrected chi connectivity index (χ0v) is 13.8. The number of rotatable bonds is 4. The van der Waals surface area contributed by atoms with Gasteiger partial charge in [-0.05, 0) is 24.3 Å². The number of thiophene rings is 1. The van der Waals surface area contributed by atoms with Crippen molar-refractivity contribution in [1.82, 2.24) is 9.80 Å². The van der Waals surface area contributed by atoms with Gasteiger partial charge in [-0.1, -0.05) is 12.5 Å². The number of amides is 2. The van der Waals surface area contributed by atoms with Crippen molar-refractivity contribution in [3.05, 3.63) is 22.4 Å². The van der Waals surface area contributed by atoms with E-state index < -0.39 is 0 Å². The molecule has 2 heterocycles. The largest absolute Gasteiger partial charge is 0.339 e. The molecule has 1 unspecified atom stereocenters. The van der Waals surface area contributed by atoms with Crippen LogP contribution < -0.4 is 0 Å². The van der Waals surface area contributed by atoms with Crippen molar-refractivity contribution < 1.29 is 9.59 Å². The fourth-order valence-electron chi connectivity index (χ4n) is 2.72. The summed E-state index contributed by atoms with van der Waals surface area (Å²) >= 11 is 3.34. The van der Waals surface area contributed by atoms with Gasteiger partial charge in [0.05, 0.1) is 12.4 Å². The number of hydrogen-bond donors (Lipinski definition) is 0. The van der Waals surface area contributed by atoms with E-state index >= 15 is 0 Å². The third-order valence-electron chi connectivity index (χ3n) is 4.25. The van der Waals surface area contributed by atoms with Crippen LogP contribution in [0.4, 0.5) is 0 Å². The molecule has 0 bridgehead atoms. The number of carbonyl (C=O) groups excluding carboxylic acids is 2. The number of nitrogens with zero attached hydrogens (tertiary/aromatic N) is 2. The Labute approximate surface area is 133 Å². The minimum absolute atomic E-state index is 0.0704. The Morgan fingerprint density at radius 2 is 2.24 bits per heavy atom. The topological polar surface area (TPSA) is 40.6 Å². The second kappa shape index (κ2) is 6.40. The highest BCUT2D eigenvalue weighted by molar-refractivity contribution is 7.99. The van der Waals surface area contributed by atoms with Crippen LogP contribution >= 0.6 is 23.1 Å². The van der Waals surface area contributed by atoms with Gasteiger partial charge in [0.2, 0.25) is 11.8 Å². The van der Waals surface area contributed by atoms with Gasteiger partial charge in [0.1, 0.15) is 6.04 Å². The molecule has 2 aliphatic rings. The molecule has 114 valence electrons. The predicted octanol–water partition coefficient (Wildman–Crippen LogP) is 2.41. The van der Waals surface area contributed by atoms with Crippen LogP contribution in [0.15, 0.2) is 17.5 Å². The van der Waals surface area contributed by atoms with E-state index in [1.54, 1.807) is 28.0 Å². The van der Waals surface area contributed by atoms with E-state index in [0.717, 1.165) is 25.0 Å². The standard InChI is InChI=1S/C15H20N2O2S2/c1-16(8-12-6-3-7-21-12)15(19)13-9-20-10-17(13)14(18)11-4-2-5-11/h3,6-7,11,13H,2,4-5,8-10H2,1H3. The van der Waals surface area contributed by atoms with Crippen molar-refractivity contribution in [1.29, 1.82) is 0 Å². The predicted molar refractivity (Wildman–Crippen MR) is 86.1 cm³/mol. The van der Waals surface area contributed by atoms with Crippen LogP contribution in [-0.4, -0.2) is 46.3 Å². The smallest absolute Gasteiger partial charge is 0.246 e. The summed E-state index contributed by atoms with van der Waals surface area (Å²) in [6, 6.07) is 3.76. The van der Waals surface area contributed by atoms with Gasteiger partial charge in [-0.3, -0.25) is 9.59 Å². The first-order valence-corrected chi connectivity index (χ1v) is 9.36. The molecule has 21 heavy (non-hydrogen) atoms. The minimum atomic E-state index is -0.270. The summed E-state index contributed by atoms with van der Waals surface area (Å²) in [4.78, 5) is 29.8. The highest BCUT2D eigenvalue weighted by Gasteiger charge is 2.40. The van der Waals surface area contributed by atoms with Crippen LogP contribution in [0.2, 0.25) is 0 Å². The molecule has 2 amide bonds. The molecule has 4 nitrogen and oxygen atoms in total. The molecule has 0 spiro atoms. The molecule has 1 saturated heterocycles. The van der Waals surface area contributed by atoms with Gasteiger partial charge in [0.15, 0.2) is 0 Å². The molecule has 0 radical (unpaired) electrons. The van der Waals surface area contributed by atoms with Gasteiger partial charge >= 0.3 is 0 Å². The first-order valence-electron chi connectivity index (χ1n) is 7.32. The number of thioether (sulfide) groups is 1. The second-order valence-corrected chi connectivity index (χ2v) is 7.76. The van der Waals surface area contributed by atoms with Gasteiger partial charge in [0, 0.05) is 23.6 Å². The lowest BCUT2D eigenvalue weighted by atomic mass is 9.84. The quantitative estimate of drug-likeness (QED) is 0.854. The molecule has 1 aromatic heterocycles. The third kappa shape index (κ3) is 3.11. The summed E-state index contributed by atoms with van der Waals surface area (Å²) in [5, 5.41) is 2.02. The lowest BCUT2D eigenvalue weighted by molar-refractivity contribution is -0.146. The van der Waals surface area contributed by atoms with Crippen molar-refractivity contribution in [2.75, 3.05) is 18.7 Å². The van der Waals surface area contributed by atoms with E-state index in [2.05, 4.69) is 0 Å². The van der Waals surface area contributed by atoms with E-state index in [1.165, 1.54) is 4.88 Å². The molecule has 0 aromatic carbocycles. The van der Waals surface area contributed by atoms with Crippen molar-refractivity contribution in [2.24, 2.45) is 5.92 Å². The van der Waals surface area contributed by atoms with Gasteiger partial charge in [-0.2, -0.15) is 0 Å². The molecule has 0 N–H and O–H groups in total. The van der Waals surface area contributed by atoms with Crippen LogP contribution in [0.5, 0.6) is 0 Å². The normalized spacial score (nSPS) is 22.1. The second-order valence-electron chi connectivity index (χ2n) is 5.73. The summed E-state index contributed by atoms with van der Waals surface area (Å²) in [5.74, 6) is 1.82. The van der Waals surface area contributed by atoms with Gasteiger partial charge in [-0.15, -0.1) is 23.1 Å². The summed E-state index contributed by atoms with van der Waals surface area (Å²) in [7, 11) is 1.83. The molecule has 6 heteroatoms. The molecular weight excluding hydrogens is 304 g/mol. The number of hydrogen-bond acceptors (Lipinski definition) is 4. The highest BCUT2D eigenvalue weighted by atomic mass is 32.2. The lowest BCUT2D eigenvalue weighted by Gasteiger charge is -2.33. The summed E-state index contributed by atoms with van der Waals surface area (Å²) in [6.45, 7) is 0.628. The van der Waals surface area contributed by atoms with E-state index in [9.17, 15) is 9.59 Å². The molecule has 1 aliphatic carbocycles. The Kier molecular flexibility index (Phi) is 4.54. The van der Waals surface area contributed by atoms with Crippen LogP contribution in [-0.2, 0) is 16.1 Å². The first-order chi connectivity index (χ1) is 10.2. The molecule has 1 saturated carbocycles. The highest BCUT2D eigenvalue weighted by Crippen LogP contribution is 2.32. The molecule has 1 aromatic rings. The van der Waals surface area contributed by atoms with E-state index in [4.69, 9.17) is 0 Å². The maximum Gasteiger partial charge on any atom is 0.246 e. The molecule has 1 atom stereocenters. The Morgan fingerprint density at radius 1 is 1.43 bits per heavy atom. The Hall–Kier alpha value is -1.01. The van der Waals surface area contributed by atoms with Gasteiger partial charge < -0.3 is 9.80 Å². The fraction of sp³-hybridized carbons (Fsp3) is 0.600. The fourth-order valence-corrected chi connectivity index (χ4v) is 4.64. The van der Waals surface area contributed by atoms with E-state index in [0.29, 0.717) is 12.4 Å². The lowest BCUT2D eigenvalue weighted by Crippen LogP contribution is -2.50. The Bertz CT molecular complexity index is 514. The van der Waals surface area contributed by atoms with Crippen molar-refractivity contribution >= 4 is 34.9 Å². The average Bonchev–Trinajstić information content (AvgIpc) is 3.06. The minimum Gasteiger partial charge on any atom is -0.339 e. The average molecular weight is 324 g/mol. The maximum absolute atomic E-state index is 12.6. The zero-order chi connectivity index (χ0) is 14.8. The van der Waals surface area contributed by atoms with Crippen LogP contribution in [0.25, 0.3) is 0 Å². The Morgan fingerprint density at radius 3 is 2.86 bits per heavy atom. The SMILES string of the molecule is CN(Cc1cccs1)C(=O)C1CSCN1C(=O)C1CCC1. The van der Waals surface area contributed by atoms with Crippen molar-refractivity contribution in [2.45, 2.75) is 31.8 Å². The third-order valence-corrected chi connectivity index (χ3v) is 6.13. The number of likely N-dealkylation sites (N-methyl/N-ethyl adjacent to an activating group) is 1. The van der Waals surface area contributed by atoms with Gasteiger partial charge in [0.25, 0.3) is 0 Å². The maximum atomic E-state index is 12.6. The molecule has 3 rings (SSSR count). The van der Waals surface area contributed by atoms with Crippen LogP contribution in [0.1, 0.15) is 24.1 Å². The summed E-state index contributed by atoms with van der Waals surface area (Å²) in [5.41, 5.74) is 0. The van der Waals surface area contributed by atoms with E-state index in [1.807, 2.05) is 29.5 Å². The summed E-state index contributed by atoms with van der Waals surface area (Å²) in [6.07, 6.45) is 3.13. The zero-order valence-electron chi connectivity index (χ0n) is 12.2. The van der Waals surface area contributed by atoms with Crippen molar-refractivity contribution in [3.63, 3.8) is 0 Å². The van der Waals surface area contributed by atoms with E-state index in [-0.39, 0.29) is 23.8 Å². The molecular formula is C15H20N2O2S2. The van der Waals surface area contributed by atoms with Crippen molar-refractivity contribution in [3.8, 4) is 0 Å².